The summed E-state index contributed by atoms with van der Waals surface area (Å²) >= 11 is 0. The van der Waals surface area contributed by atoms with Gasteiger partial charge in [-0.3, -0.25) is 4.79 Å². The lowest BCUT2D eigenvalue weighted by Crippen LogP contribution is -2.17. The van der Waals surface area contributed by atoms with Gasteiger partial charge in [0.25, 0.3) is 0 Å². The Morgan fingerprint density at radius 2 is 1.78 bits per heavy atom. The summed E-state index contributed by atoms with van der Waals surface area (Å²) in [4.78, 5) is 16.4. The summed E-state index contributed by atoms with van der Waals surface area (Å²) in [5.74, 6) is -0.0288. The average Bonchev–Trinajstić information content (AvgIpc) is 3.21. The molecule has 0 aliphatic rings. The van der Waals surface area contributed by atoms with Gasteiger partial charge < -0.3 is 19.4 Å². The molecule has 6 nitrogen and oxygen atoms in total. The Labute approximate surface area is 206 Å². The van der Waals surface area contributed by atoms with Crippen molar-refractivity contribution in [1.82, 2.24) is 9.55 Å². The number of halogens is 3. The molecule has 0 bridgehead atoms. The van der Waals surface area contributed by atoms with Crippen molar-refractivity contribution in [1.29, 1.82) is 0 Å². The van der Waals surface area contributed by atoms with Crippen LogP contribution in [0.5, 0.6) is 5.75 Å². The zero-order valence-electron chi connectivity index (χ0n) is 19.9. The maximum absolute atomic E-state index is 12.5. The first kappa shape index (κ1) is 25.1. The molecule has 188 valence electrons. The van der Waals surface area contributed by atoms with E-state index in [1.165, 1.54) is 31.4 Å². The molecule has 1 aromatic heterocycles. The second kappa shape index (κ2) is 10.7. The Balaban J connectivity index is 1.72. The number of alkyl halides is 3. The van der Waals surface area contributed by atoms with Crippen molar-refractivity contribution in [2.24, 2.45) is 0 Å². The van der Waals surface area contributed by atoms with Gasteiger partial charge in [-0.2, -0.15) is 0 Å². The zero-order chi connectivity index (χ0) is 25.7. The van der Waals surface area contributed by atoms with E-state index in [2.05, 4.69) is 33.7 Å². The molecular formula is C27H26F3N3O3. The van der Waals surface area contributed by atoms with E-state index in [-0.39, 0.29) is 24.2 Å². The SMILES string of the molecule is CC[C@@H](c1ccccc1)n1c(Nc2ccc(OC(F)(F)F)cc2)nc2cc(CCC(=O)OC)ccc21. The number of carbonyl (C=O) groups excluding carboxylic acids is 1. The number of carbonyl (C=O) groups is 1. The molecule has 0 saturated heterocycles. The number of aromatic nitrogens is 2. The summed E-state index contributed by atoms with van der Waals surface area (Å²) in [6.07, 6.45) is -3.18. The van der Waals surface area contributed by atoms with Crippen LogP contribution < -0.4 is 10.1 Å². The molecule has 1 N–H and O–H groups in total. The van der Waals surface area contributed by atoms with Gasteiger partial charge in [-0.05, 0) is 60.4 Å². The molecule has 0 fully saturated rings. The molecule has 0 radical (unpaired) electrons. The van der Waals surface area contributed by atoms with E-state index in [9.17, 15) is 18.0 Å². The van der Waals surface area contributed by atoms with Gasteiger partial charge in [-0.15, -0.1) is 13.2 Å². The molecule has 0 spiro atoms. The number of imidazole rings is 1. The molecule has 0 aliphatic carbocycles. The van der Waals surface area contributed by atoms with Crippen LogP contribution in [0.1, 0.15) is 36.9 Å². The number of aryl methyl sites for hydroxylation is 1. The standard InChI is InChI=1S/C27H26F3N3O3/c1-3-23(19-7-5-4-6-8-19)33-24-15-9-18(10-16-25(34)35-2)17-22(24)32-26(33)31-20-11-13-21(14-12-20)36-27(28,29)30/h4-9,11-15,17,23H,3,10,16H2,1-2H3,(H,31,32)/t23-/m0/s1. The Morgan fingerprint density at radius 1 is 1.06 bits per heavy atom. The fourth-order valence-corrected chi connectivity index (χ4v) is 4.16. The maximum atomic E-state index is 12.5. The molecule has 3 aromatic carbocycles. The first-order valence-electron chi connectivity index (χ1n) is 11.5. The van der Waals surface area contributed by atoms with Crippen molar-refractivity contribution in [3.63, 3.8) is 0 Å². The fourth-order valence-electron chi connectivity index (χ4n) is 4.16. The number of benzene rings is 3. The van der Waals surface area contributed by atoms with Crippen molar-refractivity contribution in [2.75, 3.05) is 12.4 Å². The van der Waals surface area contributed by atoms with E-state index in [0.717, 1.165) is 28.6 Å². The van der Waals surface area contributed by atoms with Gasteiger partial charge in [-0.25, -0.2) is 4.98 Å². The number of fused-ring (bicyclic) bond motifs is 1. The Hall–Kier alpha value is -4.01. The van der Waals surface area contributed by atoms with Crippen LogP contribution >= 0.6 is 0 Å². The van der Waals surface area contributed by atoms with Crippen molar-refractivity contribution in [3.8, 4) is 5.75 Å². The third kappa shape index (κ3) is 5.97. The normalized spacial score (nSPS) is 12.4. The molecule has 0 saturated carbocycles. The zero-order valence-corrected chi connectivity index (χ0v) is 19.9. The van der Waals surface area contributed by atoms with E-state index < -0.39 is 6.36 Å². The number of hydrogen-bond donors (Lipinski definition) is 1. The highest BCUT2D eigenvalue weighted by Gasteiger charge is 2.31. The van der Waals surface area contributed by atoms with Gasteiger partial charge in [0.2, 0.25) is 5.95 Å². The fraction of sp³-hybridized carbons (Fsp3) is 0.259. The number of ether oxygens (including phenoxy) is 2. The summed E-state index contributed by atoms with van der Waals surface area (Å²) in [5.41, 5.74) is 4.25. The largest absolute Gasteiger partial charge is 0.573 e. The quantitative estimate of drug-likeness (QED) is 0.258. The van der Waals surface area contributed by atoms with Gasteiger partial charge in [0.05, 0.1) is 24.2 Å². The van der Waals surface area contributed by atoms with E-state index in [4.69, 9.17) is 9.72 Å². The lowest BCUT2D eigenvalue weighted by atomic mass is 10.0. The molecule has 0 aliphatic heterocycles. The van der Waals surface area contributed by atoms with E-state index in [1.54, 1.807) is 0 Å². The number of rotatable bonds is 9. The van der Waals surface area contributed by atoms with Crippen molar-refractivity contribution in [2.45, 2.75) is 38.6 Å². The molecule has 4 aromatic rings. The van der Waals surface area contributed by atoms with Crippen molar-refractivity contribution < 1.29 is 27.4 Å². The smallest absolute Gasteiger partial charge is 0.469 e. The highest BCUT2D eigenvalue weighted by Crippen LogP contribution is 2.33. The summed E-state index contributed by atoms with van der Waals surface area (Å²) in [6.45, 7) is 2.08. The molecule has 0 amide bonds. The van der Waals surface area contributed by atoms with E-state index in [1.807, 2.05) is 36.4 Å². The van der Waals surface area contributed by atoms with E-state index >= 15 is 0 Å². The van der Waals surface area contributed by atoms with Crippen LogP contribution in [0.15, 0.2) is 72.8 Å². The van der Waals surface area contributed by atoms with Crippen LogP contribution in [0.25, 0.3) is 11.0 Å². The number of hydrogen-bond acceptors (Lipinski definition) is 5. The third-order valence-electron chi connectivity index (χ3n) is 5.83. The van der Waals surface area contributed by atoms with Crippen molar-refractivity contribution >= 4 is 28.6 Å². The summed E-state index contributed by atoms with van der Waals surface area (Å²) in [6, 6.07) is 21.4. The predicted molar refractivity (Wildman–Crippen MR) is 131 cm³/mol. The third-order valence-corrected chi connectivity index (χ3v) is 5.83. The summed E-state index contributed by atoms with van der Waals surface area (Å²) in [7, 11) is 1.36. The number of methoxy groups -OCH3 is 1. The number of nitrogens with one attached hydrogen (secondary N) is 1. The first-order chi connectivity index (χ1) is 17.3. The highest BCUT2D eigenvalue weighted by atomic mass is 19.4. The molecule has 1 heterocycles. The van der Waals surface area contributed by atoms with Gasteiger partial charge in [-0.1, -0.05) is 43.3 Å². The Kier molecular flexibility index (Phi) is 7.47. The maximum Gasteiger partial charge on any atom is 0.573 e. The lowest BCUT2D eigenvalue weighted by molar-refractivity contribution is -0.274. The van der Waals surface area contributed by atoms with Gasteiger partial charge >= 0.3 is 12.3 Å². The monoisotopic (exact) mass is 497 g/mol. The summed E-state index contributed by atoms with van der Waals surface area (Å²) < 4.78 is 48.4. The molecule has 0 unspecified atom stereocenters. The molecule has 9 heteroatoms. The minimum absolute atomic E-state index is 0.0348. The second-order valence-corrected chi connectivity index (χ2v) is 8.24. The molecule has 1 atom stereocenters. The van der Waals surface area contributed by atoms with Crippen LogP contribution in [0.4, 0.5) is 24.8 Å². The highest BCUT2D eigenvalue weighted by molar-refractivity contribution is 5.81. The minimum Gasteiger partial charge on any atom is -0.469 e. The van der Waals surface area contributed by atoms with Gasteiger partial charge in [0.1, 0.15) is 5.75 Å². The number of anilines is 2. The first-order valence-corrected chi connectivity index (χ1v) is 11.5. The van der Waals surface area contributed by atoms with Crippen molar-refractivity contribution in [3.05, 3.63) is 83.9 Å². The predicted octanol–water partition coefficient (Wildman–Crippen LogP) is 6.78. The second-order valence-electron chi connectivity index (χ2n) is 8.24. The Morgan fingerprint density at radius 3 is 2.42 bits per heavy atom. The lowest BCUT2D eigenvalue weighted by Gasteiger charge is -2.21. The number of nitrogens with zero attached hydrogens (tertiary/aromatic N) is 2. The molecule has 4 rings (SSSR count). The topological polar surface area (TPSA) is 65.4 Å². The van der Waals surface area contributed by atoms with Gasteiger partial charge in [0.15, 0.2) is 0 Å². The molecule has 36 heavy (non-hydrogen) atoms. The summed E-state index contributed by atoms with van der Waals surface area (Å²) in [5, 5.41) is 3.26. The minimum atomic E-state index is -4.75. The average molecular weight is 498 g/mol. The molecular weight excluding hydrogens is 471 g/mol. The van der Waals surface area contributed by atoms with Crippen LogP contribution in [0.2, 0.25) is 0 Å². The Bertz CT molecular complexity index is 1320. The van der Waals surface area contributed by atoms with Gasteiger partial charge in [0, 0.05) is 12.1 Å². The van der Waals surface area contributed by atoms with Crippen LogP contribution in [0.3, 0.4) is 0 Å². The van der Waals surface area contributed by atoms with Crippen LogP contribution in [-0.2, 0) is 16.0 Å². The van der Waals surface area contributed by atoms with Crippen LogP contribution in [-0.4, -0.2) is 29.0 Å². The van der Waals surface area contributed by atoms with E-state index in [0.29, 0.717) is 18.1 Å². The number of esters is 1. The van der Waals surface area contributed by atoms with Crippen LogP contribution in [0, 0.1) is 0 Å².